The molecular weight excluding hydrogens is 334 g/mol. The van der Waals surface area contributed by atoms with Crippen molar-refractivity contribution in [1.82, 2.24) is 5.32 Å². The van der Waals surface area contributed by atoms with Crippen molar-refractivity contribution in [1.29, 1.82) is 0 Å². The number of hydrogen-bond acceptors (Lipinski definition) is 5. The van der Waals surface area contributed by atoms with E-state index in [1.165, 1.54) is 0 Å². The van der Waals surface area contributed by atoms with Crippen molar-refractivity contribution in [2.45, 2.75) is 26.5 Å². The molecule has 1 N–H and O–H groups in total. The van der Waals surface area contributed by atoms with Crippen molar-refractivity contribution in [3.05, 3.63) is 47.5 Å². The van der Waals surface area contributed by atoms with Crippen LogP contribution >= 0.6 is 0 Å². The Labute approximate surface area is 154 Å². The first kappa shape index (κ1) is 19.4. The zero-order valence-corrected chi connectivity index (χ0v) is 15.8. The molecule has 0 saturated heterocycles. The number of carbonyl (C=O) groups is 1. The van der Waals surface area contributed by atoms with E-state index in [9.17, 15) is 4.79 Å². The first-order valence-corrected chi connectivity index (χ1v) is 8.29. The van der Waals surface area contributed by atoms with Crippen LogP contribution in [-0.2, 0) is 11.3 Å². The maximum Gasteiger partial charge on any atom is 0.261 e. The third kappa shape index (κ3) is 4.59. The number of ether oxygens (including phenoxy) is 4. The van der Waals surface area contributed by atoms with Gasteiger partial charge in [0.15, 0.2) is 17.6 Å². The molecule has 0 aliphatic heterocycles. The Morgan fingerprint density at radius 2 is 1.62 bits per heavy atom. The Hall–Kier alpha value is -2.89. The average molecular weight is 359 g/mol. The van der Waals surface area contributed by atoms with Gasteiger partial charge in [-0.1, -0.05) is 17.7 Å². The molecule has 0 aromatic heterocycles. The highest BCUT2D eigenvalue weighted by Gasteiger charge is 2.18. The number of rotatable bonds is 8. The first-order valence-electron chi connectivity index (χ1n) is 8.29. The zero-order chi connectivity index (χ0) is 19.1. The van der Waals surface area contributed by atoms with Gasteiger partial charge in [0.05, 0.1) is 21.3 Å². The fourth-order valence-electron chi connectivity index (χ4n) is 2.50. The van der Waals surface area contributed by atoms with Gasteiger partial charge in [0, 0.05) is 12.1 Å². The Morgan fingerprint density at radius 3 is 2.19 bits per heavy atom. The van der Waals surface area contributed by atoms with Gasteiger partial charge in [-0.3, -0.25) is 4.79 Å². The van der Waals surface area contributed by atoms with Crippen LogP contribution in [0.15, 0.2) is 36.4 Å². The Kier molecular flexibility index (Phi) is 6.72. The minimum Gasteiger partial charge on any atom is -0.493 e. The average Bonchev–Trinajstić information content (AvgIpc) is 2.66. The second-order valence-corrected chi connectivity index (χ2v) is 5.78. The number of nitrogens with one attached hydrogen (secondary N) is 1. The molecule has 6 nitrogen and oxygen atoms in total. The van der Waals surface area contributed by atoms with Crippen molar-refractivity contribution in [2.24, 2.45) is 0 Å². The molecule has 0 unspecified atom stereocenters. The van der Waals surface area contributed by atoms with Gasteiger partial charge in [-0.25, -0.2) is 0 Å². The molecule has 140 valence electrons. The molecule has 2 aromatic carbocycles. The van der Waals surface area contributed by atoms with Crippen LogP contribution in [0.2, 0.25) is 0 Å². The predicted molar refractivity (Wildman–Crippen MR) is 99.2 cm³/mol. The molecule has 0 fully saturated rings. The van der Waals surface area contributed by atoms with Gasteiger partial charge in [-0.2, -0.15) is 0 Å². The molecule has 2 rings (SSSR count). The molecule has 0 aliphatic carbocycles. The lowest BCUT2D eigenvalue weighted by atomic mass is 10.1. The van der Waals surface area contributed by atoms with Crippen LogP contribution in [0.4, 0.5) is 0 Å². The van der Waals surface area contributed by atoms with Crippen LogP contribution < -0.4 is 24.3 Å². The highest BCUT2D eigenvalue weighted by molar-refractivity contribution is 5.80. The fraction of sp³-hybridized carbons (Fsp3) is 0.350. The standard InChI is InChI=1S/C20H25NO5/c1-13-6-9-16(10-7-13)26-14(2)20(22)21-12-15-8-11-17(23-3)19(25-5)18(15)24-4/h6-11,14H,12H2,1-5H3,(H,21,22)/t14-/m0/s1. The van der Waals surface area contributed by atoms with Crippen LogP contribution in [0, 0.1) is 6.92 Å². The van der Waals surface area contributed by atoms with E-state index < -0.39 is 6.10 Å². The summed E-state index contributed by atoms with van der Waals surface area (Å²) in [6.07, 6.45) is -0.621. The summed E-state index contributed by atoms with van der Waals surface area (Å²) in [5, 5.41) is 2.85. The molecule has 2 aromatic rings. The topological polar surface area (TPSA) is 66.0 Å². The molecule has 26 heavy (non-hydrogen) atoms. The summed E-state index contributed by atoms with van der Waals surface area (Å²) in [5.41, 5.74) is 1.91. The summed E-state index contributed by atoms with van der Waals surface area (Å²) in [7, 11) is 4.65. The van der Waals surface area contributed by atoms with Crippen LogP contribution in [0.5, 0.6) is 23.0 Å². The minimum atomic E-state index is -0.621. The Morgan fingerprint density at radius 1 is 0.962 bits per heavy atom. The SMILES string of the molecule is COc1ccc(CNC(=O)[C@H](C)Oc2ccc(C)cc2)c(OC)c1OC. The lowest BCUT2D eigenvalue weighted by Gasteiger charge is -2.18. The number of benzene rings is 2. The van der Waals surface area contributed by atoms with Gasteiger partial charge in [-0.05, 0) is 38.1 Å². The maximum atomic E-state index is 12.3. The molecule has 1 atom stereocenters. The zero-order valence-electron chi connectivity index (χ0n) is 15.8. The second-order valence-electron chi connectivity index (χ2n) is 5.78. The van der Waals surface area contributed by atoms with Crippen molar-refractivity contribution in [3.8, 4) is 23.0 Å². The number of carbonyl (C=O) groups excluding carboxylic acids is 1. The van der Waals surface area contributed by atoms with Crippen LogP contribution in [-0.4, -0.2) is 33.3 Å². The summed E-state index contributed by atoms with van der Waals surface area (Å²) >= 11 is 0. The summed E-state index contributed by atoms with van der Waals surface area (Å²) in [6, 6.07) is 11.2. The van der Waals surface area contributed by atoms with Gasteiger partial charge in [0.1, 0.15) is 5.75 Å². The Balaban J connectivity index is 2.03. The van der Waals surface area contributed by atoms with E-state index >= 15 is 0 Å². The summed E-state index contributed by atoms with van der Waals surface area (Å²) in [4.78, 5) is 12.3. The van der Waals surface area contributed by atoms with E-state index in [-0.39, 0.29) is 12.5 Å². The third-order valence-corrected chi connectivity index (χ3v) is 3.94. The first-order chi connectivity index (χ1) is 12.5. The summed E-state index contributed by atoms with van der Waals surface area (Å²) < 4.78 is 21.7. The molecule has 1 amide bonds. The van der Waals surface area contributed by atoms with E-state index in [1.54, 1.807) is 34.3 Å². The minimum absolute atomic E-state index is 0.220. The molecule has 0 radical (unpaired) electrons. The van der Waals surface area contributed by atoms with E-state index in [4.69, 9.17) is 18.9 Å². The monoisotopic (exact) mass is 359 g/mol. The van der Waals surface area contributed by atoms with Crippen molar-refractivity contribution >= 4 is 5.91 Å². The summed E-state index contributed by atoms with van der Waals surface area (Å²) in [5.74, 6) is 2.02. The fourth-order valence-corrected chi connectivity index (χ4v) is 2.50. The smallest absolute Gasteiger partial charge is 0.261 e. The molecule has 0 saturated carbocycles. The van der Waals surface area contributed by atoms with Crippen molar-refractivity contribution < 1.29 is 23.7 Å². The lowest BCUT2D eigenvalue weighted by Crippen LogP contribution is -2.36. The largest absolute Gasteiger partial charge is 0.493 e. The predicted octanol–water partition coefficient (Wildman–Crippen LogP) is 3.10. The maximum absolute atomic E-state index is 12.3. The molecule has 0 heterocycles. The molecular formula is C20H25NO5. The van der Waals surface area contributed by atoms with E-state index in [0.29, 0.717) is 23.0 Å². The van der Waals surface area contributed by atoms with Gasteiger partial charge >= 0.3 is 0 Å². The van der Waals surface area contributed by atoms with E-state index in [0.717, 1.165) is 11.1 Å². The quantitative estimate of drug-likeness (QED) is 0.784. The van der Waals surface area contributed by atoms with Gasteiger partial charge < -0.3 is 24.3 Å². The van der Waals surface area contributed by atoms with E-state index in [1.807, 2.05) is 37.3 Å². The number of methoxy groups -OCH3 is 3. The lowest BCUT2D eigenvalue weighted by molar-refractivity contribution is -0.127. The third-order valence-electron chi connectivity index (χ3n) is 3.94. The van der Waals surface area contributed by atoms with Gasteiger partial charge in [0.25, 0.3) is 5.91 Å². The summed E-state index contributed by atoms with van der Waals surface area (Å²) in [6.45, 7) is 3.99. The molecule has 0 spiro atoms. The highest BCUT2D eigenvalue weighted by Crippen LogP contribution is 2.39. The number of aryl methyl sites for hydroxylation is 1. The highest BCUT2D eigenvalue weighted by atomic mass is 16.5. The normalized spacial score (nSPS) is 11.4. The second kappa shape index (κ2) is 8.99. The number of amides is 1. The molecule has 0 bridgehead atoms. The Bertz CT molecular complexity index is 743. The van der Waals surface area contributed by atoms with Gasteiger partial charge in [0.2, 0.25) is 5.75 Å². The van der Waals surface area contributed by atoms with E-state index in [2.05, 4.69) is 5.32 Å². The van der Waals surface area contributed by atoms with Crippen LogP contribution in [0.1, 0.15) is 18.1 Å². The van der Waals surface area contributed by atoms with Crippen molar-refractivity contribution in [2.75, 3.05) is 21.3 Å². The van der Waals surface area contributed by atoms with Gasteiger partial charge in [-0.15, -0.1) is 0 Å². The van der Waals surface area contributed by atoms with Crippen molar-refractivity contribution in [3.63, 3.8) is 0 Å². The molecule has 6 heteroatoms. The van der Waals surface area contributed by atoms with Crippen LogP contribution in [0.3, 0.4) is 0 Å². The van der Waals surface area contributed by atoms with Crippen LogP contribution in [0.25, 0.3) is 0 Å². The molecule has 0 aliphatic rings. The number of hydrogen-bond donors (Lipinski definition) is 1.